The zero-order chi connectivity index (χ0) is 16.1. The molecule has 0 aliphatic heterocycles. The summed E-state index contributed by atoms with van der Waals surface area (Å²) < 4.78 is 12.0. The maximum Gasteiger partial charge on any atom is 0.0656 e. The Balaban J connectivity index is 3.80. The molecule has 2 unspecified atom stereocenters. The lowest BCUT2D eigenvalue weighted by Crippen LogP contribution is -2.35. The van der Waals surface area contributed by atoms with Crippen LogP contribution in [0, 0.1) is 0 Å². The van der Waals surface area contributed by atoms with Gasteiger partial charge in [0.2, 0.25) is 0 Å². The van der Waals surface area contributed by atoms with Crippen molar-refractivity contribution in [3.63, 3.8) is 0 Å². The molecule has 0 aliphatic rings. The average Bonchev–Trinajstić information content (AvgIpc) is 2.44. The number of nitrogens with one attached hydrogen (secondary N) is 1. The first-order valence-corrected chi connectivity index (χ1v) is 14.9. The fourth-order valence-corrected chi connectivity index (χ4v) is 5.08. The first-order valence-electron chi connectivity index (χ1n) is 8.96. The van der Waals surface area contributed by atoms with Gasteiger partial charge in [0.1, 0.15) is 0 Å². The molecule has 0 spiro atoms. The number of hydrogen-bond acceptors (Lipinski definition) is 3. The lowest BCUT2D eigenvalue weighted by Gasteiger charge is -2.22. The maximum absolute atomic E-state index is 5.98. The quantitative estimate of drug-likeness (QED) is 0.391. The highest BCUT2D eigenvalue weighted by atomic mass is 28.3. The van der Waals surface area contributed by atoms with Crippen molar-refractivity contribution in [1.29, 1.82) is 0 Å². The molecule has 0 rings (SSSR count). The van der Waals surface area contributed by atoms with E-state index in [1.165, 1.54) is 12.8 Å². The molecule has 0 aromatic heterocycles. The molecule has 0 saturated carbocycles. The molecule has 1 N–H and O–H groups in total. The molecule has 2 atom stereocenters. The number of hydrogen-bond donors (Lipinski definition) is 1. The molecule has 3 nitrogen and oxygen atoms in total. The number of rotatable bonds is 14. The maximum atomic E-state index is 5.98. The summed E-state index contributed by atoms with van der Waals surface area (Å²) >= 11 is 0. The van der Waals surface area contributed by atoms with Crippen LogP contribution in [0.4, 0.5) is 0 Å². The van der Waals surface area contributed by atoms with Gasteiger partial charge in [-0.25, -0.2) is 0 Å². The van der Waals surface area contributed by atoms with Crippen molar-refractivity contribution in [2.45, 2.75) is 77.2 Å². The molecule has 0 aromatic carbocycles. The third-order valence-electron chi connectivity index (χ3n) is 3.77. The van der Waals surface area contributed by atoms with Crippen LogP contribution in [-0.2, 0) is 9.47 Å². The predicted molar refractivity (Wildman–Crippen MR) is 99.9 cm³/mol. The van der Waals surface area contributed by atoms with Crippen LogP contribution in [0.1, 0.15) is 39.5 Å². The highest BCUT2D eigenvalue weighted by Gasteiger charge is 2.16. The molecule has 128 valence electrons. The van der Waals surface area contributed by atoms with E-state index in [1.807, 2.05) is 0 Å². The van der Waals surface area contributed by atoms with Gasteiger partial charge < -0.3 is 14.8 Å². The van der Waals surface area contributed by atoms with Crippen LogP contribution in [0.15, 0.2) is 0 Å². The van der Waals surface area contributed by atoms with Crippen molar-refractivity contribution in [2.24, 2.45) is 0 Å². The van der Waals surface area contributed by atoms with Gasteiger partial charge in [0, 0.05) is 24.7 Å². The van der Waals surface area contributed by atoms with Gasteiger partial charge in [-0.15, -0.1) is 0 Å². The molecule has 21 heavy (non-hydrogen) atoms. The summed E-state index contributed by atoms with van der Waals surface area (Å²) in [6, 6.07) is 0. The van der Waals surface area contributed by atoms with Crippen molar-refractivity contribution in [2.75, 3.05) is 26.3 Å². The lowest BCUT2D eigenvalue weighted by atomic mass is 10.4. The average molecular weight is 334 g/mol. The van der Waals surface area contributed by atoms with E-state index >= 15 is 0 Å². The molecule has 0 aliphatic carbocycles. The van der Waals surface area contributed by atoms with E-state index in [0.717, 1.165) is 39.1 Å². The third kappa shape index (κ3) is 11.5. The van der Waals surface area contributed by atoms with Gasteiger partial charge >= 0.3 is 0 Å². The second kappa shape index (κ2) is 13.9. The standard InChI is InChI=1S/C16H39NO2Si2/c1-7-13-18-15(20(3)4)9-11-17-12-10-16(21(5)6)19-14-8-2/h15-17,20-21H,7-14H2,1-6H3. The summed E-state index contributed by atoms with van der Waals surface area (Å²) in [6.07, 6.45) is 4.59. The molecule has 0 fully saturated rings. The minimum atomic E-state index is -0.700. The molecule has 0 amide bonds. The number of ether oxygens (including phenoxy) is 2. The predicted octanol–water partition coefficient (Wildman–Crippen LogP) is 3.00. The Bertz CT molecular complexity index is 206. The molecular formula is C16H39NO2Si2. The van der Waals surface area contributed by atoms with E-state index in [1.54, 1.807) is 0 Å². The Hall–Kier alpha value is 0.314. The zero-order valence-electron chi connectivity index (χ0n) is 15.3. The van der Waals surface area contributed by atoms with E-state index < -0.39 is 17.6 Å². The van der Waals surface area contributed by atoms with Crippen LogP contribution in [0.5, 0.6) is 0 Å². The molecule has 0 saturated heterocycles. The monoisotopic (exact) mass is 333 g/mol. The molecule has 5 heteroatoms. The molecule has 0 aromatic rings. The van der Waals surface area contributed by atoms with Gasteiger partial charge in [-0.1, -0.05) is 40.0 Å². The molecule has 0 radical (unpaired) electrons. The minimum absolute atomic E-state index is 0.532. The van der Waals surface area contributed by atoms with Crippen LogP contribution < -0.4 is 5.32 Å². The van der Waals surface area contributed by atoms with E-state index in [4.69, 9.17) is 9.47 Å². The Morgan fingerprint density at radius 3 is 1.43 bits per heavy atom. The van der Waals surface area contributed by atoms with Crippen LogP contribution in [0.2, 0.25) is 26.2 Å². The fourth-order valence-electron chi connectivity index (χ4n) is 2.37. The summed E-state index contributed by atoms with van der Waals surface area (Å²) in [4.78, 5) is 0. The second-order valence-corrected chi connectivity index (χ2v) is 13.1. The topological polar surface area (TPSA) is 30.5 Å². The van der Waals surface area contributed by atoms with E-state index in [0.29, 0.717) is 11.5 Å². The zero-order valence-corrected chi connectivity index (χ0v) is 17.6. The summed E-state index contributed by atoms with van der Waals surface area (Å²) in [5.74, 6) is 0. The van der Waals surface area contributed by atoms with Crippen molar-refractivity contribution >= 4 is 17.6 Å². The Morgan fingerprint density at radius 2 is 1.14 bits per heavy atom. The van der Waals surface area contributed by atoms with Gasteiger partial charge in [0.15, 0.2) is 0 Å². The second-order valence-electron chi connectivity index (χ2n) is 6.63. The Morgan fingerprint density at radius 1 is 0.762 bits per heavy atom. The first-order chi connectivity index (χ1) is 10.0. The Kier molecular flexibility index (Phi) is 14.1. The van der Waals surface area contributed by atoms with Crippen molar-refractivity contribution in [1.82, 2.24) is 5.32 Å². The fraction of sp³-hybridized carbons (Fsp3) is 1.00. The smallest absolute Gasteiger partial charge is 0.0656 e. The molecule has 0 heterocycles. The SMILES string of the molecule is CCCOC(CCNCCC(OCCC)[SiH](C)C)[SiH](C)C. The van der Waals surface area contributed by atoms with Gasteiger partial charge in [0.05, 0.1) is 17.6 Å². The minimum Gasteiger partial charge on any atom is -0.382 e. The summed E-state index contributed by atoms with van der Waals surface area (Å²) in [5.41, 5.74) is 1.06. The van der Waals surface area contributed by atoms with Gasteiger partial charge in [-0.3, -0.25) is 0 Å². The van der Waals surface area contributed by atoms with E-state index in [2.05, 4.69) is 45.4 Å². The van der Waals surface area contributed by atoms with Crippen molar-refractivity contribution in [3.8, 4) is 0 Å². The summed E-state index contributed by atoms with van der Waals surface area (Å²) in [7, 11) is -1.40. The normalized spacial score (nSPS) is 14.9. The van der Waals surface area contributed by atoms with Crippen LogP contribution in [0.25, 0.3) is 0 Å². The molecular weight excluding hydrogens is 294 g/mol. The highest BCUT2D eigenvalue weighted by Crippen LogP contribution is 2.06. The van der Waals surface area contributed by atoms with E-state index in [9.17, 15) is 0 Å². The first kappa shape index (κ1) is 21.3. The Labute approximate surface area is 136 Å². The van der Waals surface area contributed by atoms with Crippen molar-refractivity contribution in [3.05, 3.63) is 0 Å². The lowest BCUT2D eigenvalue weighted by molar-refractivity contribution is 0.0927. The van der Waals surface area contributed by atoms with E-state index in [-0.39, 0.29) is 0 Å². The van der Waals surface area contributed by atoms with Crippen LogP contribution >= 0.6 is 0 Å². The highest BCUT2D eigenvalue weighted by molar-refractivity contribution is 6.57. The van der Waals surface area contributed by atoms with Crippen LogP contribution in [0.3, 0.4) is 0 Å². The largest absolute Gasteiger partial charge is 0.382 e. The summed E-state index contributed by atoms with van der Waals surface area (Å²) in [5, 5.41) is 3.59. The van der Waals surface area contributed by atoms with Gasteiger partial charge in [-0.05, 0) is 38.8 Å². The van der Waals surface area contributed by atoms with Crippen LogP contribution in [-0.4, -0.2) is 55.4 Å². The third-order valence-corrected chi connectivity index (χ3v) is 7.80. The van der Waals surface area contributed by atoms with Crippen molar-refractivity contribution < 1.29 is 9.47 Å². The van der Waals surface area contributed by atoms with Gasteiger partial charge in [0.25, 0.3) is 0 Å². The molecule has 0 bridgehead atoms. The van der Waals surface area contributed by atoms with Gasteiger partial charge in [-0.2, -0.15) is 0 Å². The summed E-state index contributed by atoms with van der Waals surface area (Å²) in [6.45, 7) is 17.9.